The standard InChI is InChI=1S/C17H19N3O2S2/c1-3-13(2)19-24(21,22)16-12-20(14-8-5-4-6-9-14)18-17(16)15-10-7-11-23-15/h4-13,19H,3H2,1-2H3. The Bertz CT molecular complexity index is 901. The van der Waals surface area contributed by atoms with Crippen molar-refractivity contribution in [2.45, 2.75) is 31.2 Å². The molecule has 1 atom stereocenters. The first-order valence-corrected chi connectivity index (χ1v) is 10.1. The van der Waals surface area contributed by atoms with Gasteiger partial charge in [0.2, 0.25) is 10.0 Å². The molecule has 0 bridgehead atoms. The number of aromatic nitrogens is 2. The molecule has 1 unspecified atom stereocenters. The van der Waals surface area contributed by atoms with Gasteiger partial charge in [-0.05, 0) is 36.9 Å². The van der Waals surface area contributed by atoms with E-state index in [9.17, 15) is 8.42 Å². The third kappa shape index (κ3) is 3.43. The molecule has 2 aromatic heterocycles. The summed E-state index contributed by atoms with van der Waals surface area (Å²) in [5.41, 5.74) is 1.30. The minimum Gasteiger partial charge on any atom is -0.239 e. The van der Waals surface area contributed by atoms with E-state index in [0.29, 0.717) is 5.69 Å². The molecular weight excluding hydrogens is 342 g/mol. The summed E-state index contributed by atoms with van der Waals surface area (Å²) < 4.78 is 29.9. The molecule has 0 aliphatic heterocycles. The van der Waals surface area contributed by atoms with Crippen LogP contribution in [-0.2, 0) is 10.0 Å². The molecule has 0 radical (unpaired) electrons. The molecule has 1 aromatic carbocycles. The van der Waals surface area contributed by atoms with Crippen molar-refractivity contribution in [1.29, 1.82) is 0 Å². The second-order valence-corrected chi connectivity index (χ2v) is 8.16. The third-order valence-corrected chi connectivity index (χ3v) is 6.18. The van der Waals surface area contributed by atoms with E-state index < -0.39 is 10.0 Å². The van der Waals surface area contributed by atoms with Gasteiger partial charge < -0.3 is 0 Å². The van der Waals surface area contributed by atoms with E-state index in [1.807, 2.05) is 61.7 Å². The summed E-state index contributed by atoms with van der Waals surface area (Å²) >= 11 is 1.47. The van der Waals surface area contributed by atoms with E-state index in [1.165, 1.54) is 11.3 Å². The van der Waals surface area contributed by atoms with E-state index >= 15 is 0 Å². The predicted octanol–water partition coefficient (Wildman–Crippen LogP) is 3.68. The fraction of sp³-hybridized carbons (Fsp3) is 0.235. The molecule has 0 spiro atoms. The van der Waals surface area contributed by atoms with E-state index in [1.54, 1.807) is 10.9 Å². The molecule has 3 aromatic rings. The normalized spacial score (nSPS) is 13.1. The lowest BCUT2D eigenvalue weighted by Gasteiger charge is -2.11. The predicted molar refractivity (Wildman–Crippen MR) is 97.0 cm³/mol. The fourth-order valence-corrected chi connectivity index (χ4v) is 4.52. The maximum Gasteiger partial charge on any atom is 0.244 e. The quantitative estimate of drug-likeness (QED) is 0.728. The van der Waals surface area contributed by atoms with Crippen LogP contribution >= 0.6 is 11.3 Å². The Morgan fingerprint density at radius 2 is 1.96 bits per heavy atom. The number of para-hydroxylation sites is 1. The van der Waals surface area contributed by atoms with Crippen LogP contribution in [0.25, 0.3) is 16.3 Å². The molecule has 24 heavy (non-hydrogen) atoms. The zero-order chi connectivity index (χ0) is 17.2. The topological polar surface area (TPSA) is 64.0 Å². The summed E-state index contributed by atoms with van der Waals surface area (Å²) in [6.45, 7) is 3.80. The van der Waals surface area contributed by atoms with Crippen molar-refractivity contribution < 1.29 is 8.42 Å². The highest BCUT2D eigenvalue weighted by Gasteiger charge is 2.25. The largest absolute Gasteiger partial charge is 0.244 e. The fourth-order valence-electron chi connectivity index (χ4n) is 2.26. The van der Waals surface area contributed by atoms with Gasteiger partial charge in [-0.1, -0.05) is 31.2 Å². The minimum atomic E-state index is -3.64. The lowest BCUT2D eigenvalue weighted by atomic mass is 10.3. The van der Waals surface area contributed by atoms with Gasteiger partial charge in [-0.3, -0.25) is 0 Å². The van der Waals surface area contributed by atoms with Gasteiger partial charge in [-0.25, -0.2) is 17.8 Å². The minimum absolute atomic E-state index is 0.133. The Morgan fingerprint density at radius 3 is 2.58 bits per heavy atom. The van der Waals surface area contributed by atoms with Gasteiger partial charge >= 0.3 is 0 Å². The van der Waals surface area contributed by atoms with Crippen LogP contribution in [0.15, 0.2) is 58.9 Å². The average Bonchev–Trinajstić information content (AvgIpc) is 3.24. The smallest absolute Gasteiger partial charge is 0.239 e. The highest BCUT2D eigenvalue weighted by Crippen LogP contribution is 2.30. The summed E-state index contributed by atoms with van der Waals surface area (Å²) in [5.74, 6) is 0. The second-order valence-electron chi connectivity index (χ2n) is 5.53. The van der Waals surface area contributed by atoms with Crippen LogP contribution in [0.1, 0.15) is 20.3 Å². The molecule has 126 valence electrons. The number of hydrogen-bond acceptors (Lipinski definition) is 4. The molecule has 0 amide bonds. The Labute approximate surface area is 146 Å². The first kappa shape index (κ1) is 16.9. The van der Waals surface area contributed by atoms with Crippen LogP contribution in [0.3, 0.4) is 0 Å². The highest BCUT2D eigenvalue weighted by atomic mass is 32.2. The van der Waals surface area contributed by atoms with Crippen molar-refractivity contribution >= 4 is 21.4 Å². The molecule has 0 aliphatic carbocycles. The number of nitrogens with one attached hydrogen (secondary N) is 1. The van der Waals surface area contributed by atoms with Crippen LogP contribution in [0, 0.1) is 0 Å². The zero-order valence-corrected chi connectivity index (χ0v) is 15.1. The molecule has 0 saturated carbocycles. The van der Waals surface area contributed by atoms with Gasteiger partial charge in [0, 0.05) is 6.04 Å². The summed E-state index contributed by atoms with van der Waals surface area (Å²) in [6.07, 6.45) is 2.30. The monoisotopic (exact) mass is 361 g/mol. The van der Waals surface area contributed by atoms with E-state index in [-0.39, 0.29) is 10.9 Å². The van der Waals surface area contributed by atoms with Gasteiger partial charge in [-0.2, -0.15) is 5.10 Å². The molecular formula is C17H19N3O2S2. The average molecular weight is 361 g/mol. The van der Waals surface area contributed by atoms with Gasteiger partial charge in [0.1, 0.15) is 10.6 Å². The first-order valence-electron chi connectivity index (χ1n) is 7.72. The molecule has 0 fully saturated rings. The zero-order valence-electron chi connectivity index (χ0n) is 13.5. The van der Waals surface area contributed by atoms with Crippen LogP contribution in [0.2, 0.25) is 0 Å². The maximum absolute atomic E-state index is 12.8. The number of rotatable bonds is 6. The lowest BCUT2D eigenvalue weighted by molar-refractivity contribution is 0.556. The number of thiophene rings is 1. The number of sulfonamides is 1. The summed E-state index contributed by atoms with van der Waals surface area (Å²) in [6, 6.07) is 13.1. The summed E-state index contributed by atoms with van der Waals surface area (Å²) in [5, 5.41) is 6.44. The number of benzene rings is 1. The molecule has 1 N–H and O–H groups in total. The lowest BCUT2D eigenvalue weighted by Crippen LogP contribution is -2.32. The maximum atomic E-state index is 12.8. The van der Waals surface area contributed by atoms with Crippen molar-refractivity contribution in [2.75, 3.05) is 0 Å². The van der Waals surface area contributed by atoms with Crippen LogP contribution in [0.5, 0.6) is 0 Å². The van der Waals surface area contributed by atoms with Crippen molar-refractivity contribution in [2.24, 2.45) is 0 Å². The van der Waals surface area contributed by atoms with Gasteiger partial charge in [0.15, 0.2) is 0 Å². The van der Waals surface area contributed by atoms with Crippen molar-refractivity contribution in [1.82, 2.24) is 14.5 Å². The van der Waals surface area contributed by atoms with Crippen molar-refractivity contribution in [3.8, 4) is 16.3 Å². The summed E-state index contributed by atoms with van der Waals surface area (Å²) in [4.78, 5) is 1.03. The Kier molecular flexibility index (Phi) is 4.84. The van der Waals surface area contributed by atoms with Crippen molar-refractivity contribution in [3.63, 3.8) is 0 Å². The molecule has 3 rings (SSSR count). The van der Waals surface area contributed by atoms with Crippen LogP contribution < -0.4 is 4.72 Å². The molecule has 2 heterocycles. The molecule has 0 aliphatic rings. The number of nitrogens with zero attached hydrogens (tertiary/aromatic N) is 2. The second kappa shape index (κ2) is 6.88. The van der Waals surface area contributed by atoms with Crippen LogP contribution in [-0.4, -0.2) is 24.2 Å². The number of hydrogen-bond donors (Lipinski definition) is 1. The Morgan fingerprint density at radius 1 is 1.21 bits per heavy atom. The summed E-state index contributed by atoms with van der Waals surface area (Å²) in [7, 11) is -3.64. The third-order valence-electron chi connectivity index (χ3n) is 3.71. The van der Waals surface area contributed by atoms with E-state index in [0.717, 1.165) is 17.0 Å². The van der Waals surface area contributed by atoms with Gasteiger partial charge in [0.05, 0.1) is 16.8 Å². The Balaban J connectivity index is 2.12. The van der Waals surface area contributed by atoms with Gasteiger partial charge in [0.25, 0.3) is 0 Å². The first-order chi connectivity index (χ1) is 11.5. The van der Waals surface area contributed by atoms with Gasteiger partial charge in [-0.15, -0.1) is 11.3 Å². The van der Waals surface area contributed by atoms with E-state index in [2.05, 4.69) is 9.82 Å². The van der Waals surface area contributed by atoms with E-state index in [4.69, 9.17) is 0 Å². The molecule has 5 nitrogen and oxygen atoms in total. The highest BCUT2D eigenvalue weighted by molar-refractivity contribution is 7.89. The molecule has 0 saturated heterocycles. The SMILES string of the molecule is CCC(C)NS(=O)(=O)c1cn(-c2ccccc2)nc1-c1cccs1. The molecule has 7 heteroatoms. The van der Waals surface area contributed by atoms with Crippen LogP contribution in [0.4, 0.5) is 0 Å². The Hall–Kier alpha value is -1.96. The van der Waals surface area contributed by atoms with Crippen molar-refractivity contribution in [3.05, 3.63) is 54.0 Å².